The molecule has 0 aliphatic carbocycles. The maximum Gasteiger partial charge on any atom is 0.257 e. The Balaban J connectivity index is 0.00000264. The lowest BCUT2D eigenvalue weighted by atomic mass is 10.1. The molecule has 1 aromatic heterocycles. The molecule has 4 nitrogen and oxygen atoms in total. The Labute approximate surface area is 141 Å². The van der Waals surface area contributed by atoms with E-state index in [0.717, 1.165) is 30.0 Å². The zero-order chi connectivity index (χ0) is 15.9. The van der Waals surface area contributed by atoms with Crippen LogP contribution in [0.15, 0.2) is 30.5 Å². The second-order valence-corrected chi connectivity index (χ2v) is 5.11. The minimum Gasteiger partial charge on any atom is -0.497 e. The monoisotopic (exact) mass is 345 g/mol. The molecule has 0 amide bonds. The fourth-order valence-corrected chi connectivity index (χ4v) is 2.26. The van der Waals surface area contributed by atoms with Crippen LogP contribution in [0.5, 0.6) is 5.75 Å². The topological polar surface area (TPSA) is 39.1 Å². The second kappa shape index (κ2) is 9.47. The normalized spacial score (nSPS) is 10.7. The highest BCUT2D eigenvalue weighted by molar-refractivity contribution is 5.85. The Kier molecular flexibility index (Phi) is 7.98. The van der Waals surface area contributed by atoms with Gasteiger partial charge in [0.15, 0.2) is 0 Å². The van der Waals surface area contributed by atoms with E-state index in [-0.39, 0.29) is 19.0 Å². The molecule has 0 bridgehead atoms. The number of methoxy groups -OCH3 is 1. The van der Waals surface area contributed by atoms with Crippen molar-refractivity contribution in [1.29, 1.82) is 0 Å². The van der Waals surface area contributed by atoms with Crippen LogP contribution in [0.2, 0.25) is 0 Å². The number of alkyl halides is 2. The zero-order valence-corrected chi connectivity index (χ0v) is 14.1. The van der Waals surface area contributed by atoms with Crippen molar-refractivity contribution >= 4 is 12.4 Å². The van der Waals surface area contributed by atoms with Crippen molar-refractivity contribution in [3.05, 3.63) is 47.3 Å². The van der Waals surface area contributed by atoms with Crippen molar-refractivity contribution < 1.29 is 13.5 Å². The fraction of sp³-hybridized carbons (Fsp3) is 0.438. The lowest BCUT2D eigenvalue weighted by Gasteiger charge is -2.07. The standard InChI is InChI=1S/C16H21F2N3O.ClH/c1-12-14(10-20-21(12)11-16(17)18)9-19-7-6-13-4-3-5-15(8-13)22-2;/h3-5,8,10,16,19H,6-7,9,11H2,1-2H3;1H. The van der Waals surface area contributed by atoms with Gasteiger partial charge in [-0.1, -0.05) is 12.1 Å². The number of nitrogens with zero attached hydrogens (tertiary/aromatic N) is 2. The average Bonchev–Trinajstić information content (AvgIpc) is 2.84. The summed E-state index contributed by atoms with van der Waals surface area (Å²) in [5, 5.41) is 7.31. The summed E-state index contributed by atoms with van der Waals surface area (Å²) in [6.45, 7) is 2.88. The van der Waals surface area contributed by atoms with Gasteiger partial charge in [-0.2, -0.15) is 5.10 Å². The summed E-state index contributed by atoms with van der Waals surface area (Å²) in [7, 11) is 1.65. The summed E-state index contributed by atoms with van der Waals surface area (Å²) in [6, 6.07) is 7.94. The van der Waals surface area contributed by atoms with Crippen LogP contribution < -0.4 is 10.1 Å². The third-order valence-corrected chi connectivity index (χ3v) is 3.56. The molecule has 128 valence electrons. The Hall–Kier alpha value is -1.66. The van der Waals surface area contributed by atoms with Crippen LogP contribution in [0, 0.1) is 6.92 Å². The first-order valence-electron chi connectivity index (χ1n) is 7.23. The van der Waals surface area contributed by atoms with Crippen LogP contribution >= 0.6 is 12.4 Å². The first kappa shape index (κ1) is 19.4. The molecule has 0 aliphatic rings. The summed E-state index contributed by atoms with van der Waals surface area (Å²) in [6.07, 6.45) is 0.144. The predicted octanol–water partition coefficient (Wildman–Crippen LogP) is 3.22. The van der Waals surface area contributed by atoms with Gasteiger partial charge in [0.25, 0.3) is 6.43 Å². The molecule has 0 radical (unpaired) electrons. The third kappa shape index (κ3) is 5.80. The molecule has 0 spiro atoms. The van der Waals surface area contributed by atoms with Crippen molar-refractivity contribution in [2.45, 2.75) is 32.9 Å². The Bertz CT molecular complexity index is 605. The lowest BCUT2D eigenvalue weighted by molar-refractivity contribution is 0.121. The molecule has 1 heterocycles. The largest absolute Gasteiger partial charge is 0.497 e. The van der Waals surface area contributed by atoms with Crippen molar-refractivity contribution in [2.24, 2.45) is 0 Å². The van der Waals surface area contributed by atoms with E-state index in [9.17, 15) is 8.78 Å². The number of hydrogen-bond donors (Lipinski definition) is 1. The Morgan fingerprint density at radius 3 is 2.83 bits per heavy atom. The predicted molar refractivity (Wildman–Crippen MR) is 88.6 cm³/mol. The molecule has 2 aromatic rings. The van der Waals surface area contributed by atoms with Crippen LogP contribution in [0.4, 0.5) is 8.78 Å². The minimum atomic E-state index is -2.38. The van der Waals surface area contributed by atoms with Crippen LogP contribution in [0.3, 0.4) is 0 Å². The van der Waals surface area contributed by atoms with E-state index in [2.05, 4.69) is 16.5 Å². The number of hydrogen-bond acceptors (Lipinski definition) is 3. The summed E-state index contributed by atoms with van der Waals surface area (Å²) in [5.74, 6) is 0.849. The molecule has 0 saturated carbocycles. The van der Waals surface area contributed by atoms with Gasteiger partial charge in [0.2, 0.25) is 0 Å². The second-order valence-electron chi connectivity index (χ2n) is 5.11. The zero-order valence-electron chi connectivity index (χ0n) is 13.3. The number of ether oxygens (including phenoxy) is 1. The van der Waals surface area contributed by atoms with E-state index in [4.69, 9.17) is 4.74 Å². The van der Waals surface area contributed by atoms with E-state index in [1.165, 1.54) is 10.2 Å². The van der Waals surface area contributed by atoms with Gasteiger partial charge in [-0.15, -0.1) is 12.4 Å². The molecule has 1 N–H and O–H groups in total. The summed E-state index contributed by atoms with van der Waals surface area (Å²) >= 11 is 0. The molecule has 7 heteroatoms. The molecule has 0 atom stereocenters. The molecule has 1 aromatic carbocycles. The molecule has 0 aliphatic heterocycles. The van der Waals surface area contributed by atoms with Gasteiger partial charge in [-0.25, -0.2) is 8.78 Å². The minimum absolute atomic E-state index is 0. The maximum absolute atomic E-state index is 12.4. The molecule has 23 heavy (non-hydrogen) atoms. The van der Waals surface area contributed by atoms with E-state index in [1.807, 2.05) is 25.1 Å². The average molecular weight is 346 g/mol. The van der Waals surface area contributed by atoms with Gasteiger partial charge in [-0.05, 0) is 37.6 Å². The summed E-state index contributed by atoms with van der Waals surface area (Å²) in [4.78, 5) is 0. The van der Waals surface area contributed by atoms with Crippen LogP contribution in [0.1, 0.15) is 16.8 Å². The van der Waals surface area contributed by atoms with E-state index < -0.39 is 6.43 Å². The summed E-state index contributed by atoms with van der Waals surface area (Å²) < 4.78 is 31.3. The Morgan fingerprint density at radius 2 is 2.13 bits per heavy atom. The Morgan fingerprint density at radius 1 is 1.35 bits per heavy atom. The van der Waals surface area contributed by atoms with Crippen LogP contribution in [0.25, 0.3) is 0 Å². The number of benzene rings is 1. The quantitative estimate of drug-likeness (QED) is 0.747. The molecular weight excluding hydrogens is 324 g/mol. The SMILES string of the molecule is COc1cccc(CCNCc2cnn(CC(F)F)c2C)c1.Cl. The number of aromatic nitrogens is 2. The van der Waals surface area contributed by atoms with Crippen molar-refractivity contribution in [1.82, 2.24) is 15.1 Å². The van der Waals surface area contributed by atoms with Crippen LogP contribution in [-0.2, 0) is 19.5 Å². The first-order valence-corrected chi connectivity index (χ1v) is 7.23. The lowest BCUT2D eigenvalue weighted by Crippen LogP contribution is -2.17. The first-order chi connectivity index (χ1) is 10.6. The number of halogens is 3. The molecule has 0 unspecified atom stereocenters. The smallest absolute Gasteiger partial charge is 0.257 e. The van der Waals surface area contributed by atoms with Gasteiger partial charge in [0.1, 0.15) is 12.3 Å². The van der Waals surface area contributed by atoms with Crippen molar-refractivity contribution in [3.63, 3.8) is 0 Å². The van der Waals surface area contributed by atoms with Gasteiger partial charge in [-0.3, -0.25) is 4.68 Å². The van der Waals surface area contributed by atoms with Gasteiger partial charge < -0.3 is 10.1 Å². The van der Waals surface area contributed by atoms with Gasteiger partial charge >= 0.3 is 0 Å². The third-order valence-electron chi connectivity index (χ3n) is 3.56. The van der Waals surface area contributed by atoms with Gasteiger partial charge in [0.05, 0.1) is 13.3 Å². The molecule has 0 saturated heterocycles. The summed E-state index contributed by atoms with van der Waals surface area (Å²) in [5.41, 5.74) is 2.93. The van der Waals surface area contributed by atoms with Crippen molar-refractivity contribution in [2.75, 3.05) is 13.7 Å². The fourth-order valence-electron chi connectivity index (χ4n) is 2.26. The van der Waals surface area contributed by atoms with Crippen LogP contribution in [-0.4, -0.2) is 29.9 Å². The highest BCUT2D eigenvalue weighted by atomic mass is 35.5. The van der Waals surface area contributed by atoms with Gasteiger partial charge in [0, 0.05) is 17.8 Å². The van der Waals surface area contributed by atoms with Crippen molar-refractivity contribution in [3.8, 4) is 5.75 Å². The number of rotatable bonds is 8. The van der Waals surface area contributed by atoms with E-state index in [0.29, 0.717) is 6.54 Å². The van der Waals surface area contributed by atoms with E-state index in [1.54, 1.807) is 13.3 Å². The highest BCUT2D eigenvalue weighted by Gasteiger charge is 2.10. The van der Waals surface area contributed by atoms with E-state index >= 15 is 0 Å². The highest BCUT2D eigenvalue weighted by Crippen LogP contribution is 2.13. The number of nitrogens with one attached hydrogen (secondary N) is 1. The molecule has 0 fully saturated rings. The molecular formula is C16H22ClF2N3O. The maximum atomic E-state index is 12.4. The molecule has 2 rings (SSSR count).